The van der Waals surface area contributed by atoms with Gasteiger partial charge in [-0.25, -0.2) is 12.2 Å². The largest absolute Gasteiger partial charge is 0.806 e. The minimum absolute atomic E-state index is 1.40. The molecule has 28 valence electrons. The smallest absolute Gasteiger partial charge is 0.237 e. The molecule has 5 heavy (non-hydrogen) atoms. The summed E-state index contributed by atoms with van der Waals surface area (Å²) >= 11 is 4.36. The molecule has 0 radical (unpaired) electrons. The molecular formula is C4H4S-2. The van der Waals surface area contributed by atoms with Crippen LogP contribution in [0.3, 0.4) is 0 Å². The third-order valence-electron chi connectivity index (χ3n) is 0.190. The van der Waals surface area contributed by atoms with Crippen molar-refractivity contribution in [3.63, 3.8) is 0 Å². The Labute approximate surface area is 37.6 Å². The summed E-state index contributed by atoms with van der Waals surface area (Å²) in [7, 11) is 0. The summed E-state index contributed by atoms with van der Waals surface area (Å²) in [5.74, 6) is 0. The molecule has 1 heteroatoms. The van der Waals surface area contributed by atoms with Gasteiger partial charge in [-0.15, -0.1) is 0 Å². The van der Waals surface area contributed by atoms with Crippen LogP contribution in [0.2, 0.25) is 0 Å². The third kappa shape index (κ3) is 3.70. The van der Waals surface area contributed by atoms with Gasteiger partial charge in [0.2, 0.25) is 0 Å². The minimum Gasteiger partial charge on any atom is -0.806 e. The monoisotopic (exact) mass is 84.0 g/mol. The molecule has 0 aromatic rings. The van der Waals surface area contributed by atoms with E-state index in [-0.39, 0.29) is 0 Å². The van der Waals surface area contributed by atoms with E-state index in [1.807, 2.05) is 0 Å². The van der Waals surface area contributed by atoms with E-state index in [1.165, 1.54) is 11.5 Å². The van der Waals surface area contributed by atoms with E-state index in [1.54, 1.807) is 6.08 Å². The minimum atomic E-state index is 1.40. The van der Waals surface area contributed by atoms with Crippen LogP contribution in [0.1, 0.15) is 0 Å². The van der Waals surface area contributed by atoms with Crippen molar-refractivity contribution in [1.82, 2.24) is 0 Å². The molecule has 0 atom stereocenters. The molecular weight excluding hydrogens is 80.1 g/mol. The zero-order chi connectivity index (χ0) is 4.12. The highest BCUT2D eigenvalue weighted by Gasteiger charge is 1.19. The molecule has 0 rings (SSSR count). The Morgan fingerprint density at radius 1 is 1.60 bits per heavy atom. The summed E-state index contributed by atoms with van der Waals surface area (Å²) in [4.78, 5) is 0. The molecule has 0 aliphatic carbocycles. The van der Waals surface area contributed by atoms with Gasteiger partial charge in [-0.05, 0) is 0 Å². The van der Waals surface area contributed by atoms with Crippen LogP contribution < -0.4 is 0 Å². The summed E-state index contributed by atoms with van der Waals surface area (Å²) in [5, 5.41) is 1.46. The van der Waals surface area contributed by atoms with Crippen LogP contribution in [0.5, 0.6) is 0 Å². The maximum absolute atomic E-state index is 4.86. The Morgan fingerprint density at radius 2 is 2.20 bits per heavy atom. The Morgan fingerprint density at radius 3 is 2.20 bits per heavy atom. The molecule has 0 amide bonds. The van der Waals surface area contributed by atoms with E-state index in [0.717, 1.165) is 0 Å². The molecule has 0 spiro atoms. The highest BCUT2D eigenvalue weighted by atomic mass is 32.1. The maximum atomic E-state index is 4.86. The highest BCUT2D eigenvalue weighted by Crippen LogP contribution is 1.62. The van der Waals surface area contributed by atoms with Crippen LogP contribution in [0.4, 0.5) is 0 Å². The summed E-state index contributed by atoms with van der Waals surface area (Å²) in [5.41, 5.74) is 0. The quantitative estimate of drug-likeness (QED) is 0.260. The van der Waals surface area contributed by atoms with Crippen molar-refractivity contribution in [2.75, 3.05) is 0 Å². The summed E-state index contributed by atoms with van der Waals surface area (Å²) in [6, 6.07) is 0. The van der Waals surface area contributed by atoms with Gasteiger partial charge >= 0.3 is 0 Å². The van der Waals surface area contributed by atoms with Gasteiger partial charge in [0.15, 0.2) is 0 Å². The lowest BCUT2D eigenvalue weighted by Crippen LogP contribution is -1.35. The molecule has 0 N–H and O–H groups in total. The molecule has 0 heterocycles. The lowest BCUT2D eigenvalue weighted by atomic mass is 10.6. The summed E-state index contributed by atoms with van der Waals surface area (Å²) in [6.07, 6.45) is 2.99. The van der Waals surface area contributed by atoms with Crippen LogP contribution in [-0.4, -0.2) is 0 Å². The second-order valence-corrected chi connectivity index (χ2v) is 0.793. The Balaban J connectivity index is 2.92. The number of allylic oxidation sites excluding steroid dienone is 2. The average Bonchev–Trinajstić information content (AvgIpc) is 1.41. The van der Waals surface area contributed by atoms with E-state index < -0.39 is 0 Å². The molecule has 0 bridgehead atoms. The third-order valence-corrected chi connectivity index (χ3v) is 0.347. The standard InChI is InChI=1S/C4H5S/c1-2-3-4-5/h1-5H/q-1/p-1/b4-3-. The topological polar surface area (TPSA) is 0 Å². The molecule has 0 unspecified atom stereocenters. The van der Waals surface area contributed by atoms with Crippen molar-refractivity contribution in [2.24, 2.45) is 0 Å². The van der Waals surface area contributed by atoms with Crippen LogP contribution in [0.15, 0.2) is 17.6 Å². The molecule has 0 saturated heterocycles. The van der Waals surface area contributed by atoms with E-state index in [4.69, 9.17) is 6.58 Å². The first-order valence-corrected chi connectivity index (χ1v) is 1.71. The fourth-order valence-corrected chi connectivity index (χ4v) is 0.136. The molecule has 0 aromatic carbocycles. The van der Waals surface area contributed by atoms with Gasteiger partial charge in [0.05, 0.1) is 0 Å². The van der Waals surface area contributed by atoms with Crippen molar-refractivity contribution in [3.05, 3.63) is 24.1 Å². The second kappa shape index (κ2) is 3.70. The van der Waals surface area contributed by atoms with Gasteiger partial charge < -0.3 is 12.6 Å². The number of hydrogen-bond acceptors (Lipinski definition) is 1. The van der Waals surface area contributed by atoms with Crippen LogP contribution in [0.25, 0.3) is 0 Å². The predicted octanol–water partition coefficient (Wildman–Crippen LogP) is 1.04. The highest BCUT2D eigenvalue weighted by molar-refractivity contribution is 7.62. The molecule has 0 aromatic heterocycles. The molecule has 0 aliphatic rings. The van der Waals surface area contributed by atoms with E-state index >= 15 is 0 Å². The van der Waals surface area contributed by atoms with E-state index in [0.29, 0.717) is 0 Å². The van der Waals surface area contributed by atoms with Crippen molar-refractivity contribution >= 4 is 12.6 Å². The Hall–Kier alpha value is -0.300. The normalized spacial score (nSPS) is 8.80. The first-order chi connectivity index (χ1) is 2.41. The van der Waals surface area contributed by atoms with Gasteiger partial charge in [0.25, 0.3) is 0 Å². The average molecular weight is 84.1 g/mol. The first-order valence-electron chi connectivity index (χ1n) is 1.24. The zero-order valence-corrected chi connectivity index (χ0v) is 3.53. The number of rotatable bonds is 1. The van der Waals surface area contributed by atoms with Gasteiger partial charge in [-0.2, -0.15) is 0 Å². The van der Waals surface area contributed by atoms with Crippen LogP contribution in [0, 0.1) is 6.58 Å². The first kappa shape index (κ1) is 4.70. The van der Waals surface area contributed by atoms with E-state index in [2.05, 4.69) is 12.6 Å². The summed E-state index contributed by atoms with van der Waals surface area (Å²) < 4.78 is 0. The van der Waals surface area contributed by atoms with Crippen molar-refractivity contribution in [1.29, 1.82) is 0 Å². The Kier molecular flexibility index (Phi) is 3.48. The number of hydrogen-bond donors (Lipinski definition) is 0. The van der Waals surface area contributed by atoms with Crippen molar-refractivity contribution in [2.45, 2.75) is 0 Å². The second-order valence-electron chi connectivity index (χ2n) is 0.521. The molecule has 0 saturated carbocycles. The SMILES string of the molecule is [CH-]=C/C=C\[S-]. The van der Waals surface area contributed by atoms with Gasteiger partial charge in [-0.1, -0.05) is 0 Å². The van der Waals surface area contributed by atoms with Gasteiger partial charge in [-0.3, -0.25) is 12.0 Å². The van der Waals surface area contributed by atoms with Crippen LogP contribution >= 0.6 is 0 Å². The van der Waals surface area contributed by atoms with Crippen molar-refractivity contribution < 1.29 is 0 Å². The van der Waals surface area contributed by atoms with E-state index in [9.17, 15) is 0 Å². The summed E-state index contributed by atoms with van der Waals surface area (Å²) in [6.45, 7) is 4.86. The fraction of sp³-hybridized carbons (Fsp3) is 0. The lowest BCUT2D eigenvalue weighted by molar-refractivity contribution is 2.09. The zero-order valence-electron chi connectivity index (χ0n) is 2.72. The van der Waals surface area contributed by atoms with Gasteiger partial charge in [0, 0.05) is 0 Å². The van der Waals surface area contributed by atoms with Crippen LogP contribution in [-0.2, 0) is 12.6 Å². The maximum Gasteiger partial charge on any atom is -0.237 e. The lowest BCUT2D eigenvalue weighted by Gasteiger charge is -1.85. The molecule has 0 nitrogen and oxygen atoms in total. The molecule has 0 fully saturated rings. The Bertz CT molecular complexity index is 45.6. The molecule has 0 aliphatic heterocycles. The van der Waals surface area contributed by atoms with Crippen molar-refractivity contribution in [3.8, 4) is 0 Å². The predicted molar refractivity (Wildman–Crippen MR) is 25.4 cm³/mol. The fourth-order valence-electron chi connectivity index (χ4n) is 0.0454. The van der Waals surface area contributed by atoms with Gasteiger partial charge in [0.1, 0.15) is 0 Å².